The molecule has 0 aliphatic heterocycles. The van der Waals surface area contributed by atoms with E-state index in [1.165, 1.54) is 0 Å². The van der Waals surface area contributed by atoms with Gasteiger partial charge in [-0.05, 0) is 49.2 Å². The first-order valence-corrected chi connectivity index (χ1v) is 7.33. The highest BCUT2D eigenvalue weighted by molar-refractivity contribution is 5.62. The molecule has 1 aromatic carbocycles. The Morgan fingerprint density at radius 2 is 1.08 bits per heavy atom. The van der Waals surface area contributed by atoms with Crippen molar-refractivity contribution in [2.45, 2.75) is 13.8 Å². The monoisotopic (exact) mass is 316 g/mol. The van der Waals surface area contributed by atoms with Gasteiger partial charge in [0.05, 0.1) is 11.1 Å². The minimum atomic E-state index is 0.422. The Morgan fingerprint density at radius 3 is 1.33 bits per heavy atom. The lowest BCUT2D eigenvalue weighted by atomic mass is 10.2. The molecule has 4 N–H and O–H groups in total. The highest BCUT2D eigenvalue weighted by Crippen LogP contribution is 2.26. The van der Waals surface area contributed by atoms with Gasteiger partial charge in [0, 0.05) is 23.8 Å². The summed E-state index contributed by atoms with van der Waals surface area (Å²) in [6.07, 6.45) is 3.68. The number of nitrogens with two attached hydrogens (primary N) is 2. The maximum atomic E-state index is 9.15. The van der Waals surface area contributed by atoms with Crippen LogP contribution in [0.4, 0.5) is 11.6 Å². The smallest absolute Gasteiger partial charge is 0.126 e. The van der Waals surface area contributed by atoms with Crippen molar-refractivity contribution < 1.29 is 0 Å². The second kappa shape index (κ2) is 5.53. The number of anilines is 2. The Hall–Kier alpha value is -3.64. The van der Waals surface area contributed by atoms with Crippen LogP contribution < -0.4 is 11.5 Å². The van der Waals surface area contributed by atoms with Crippen molar-refractivity contribution >= 4 is 11.6 Å². The molecule has 24 heavy (non-hydrogen) atoms. The molecule has 6 heteroatoms. The van der Waals surface area contributed by atoms with E-state index in [-0.39, 0.29) is 0 Å². The minimum Gasteiger partial charge on any atom is -0.384 e. The van der Waals surface area contributed by atoms with Crippen LogP contribution in [-0.2, 0) is 0 Å². The summed E-state index contributed by atoms with van der Waals surface area (Å²) in [6, 6.07) is 11.8. The molecule has 0 amide bonds. The van der Waals surface area contributed by atoms with Gasteiger partial charge >= 0.3 is 0 Å². The second-order valence-corrected chi connectivity index (χ2v) is 5.62. The number of nitrogen functional groups attached to an aromatic ring is 2. The summed E-state index contributed by atoms with van der Waals surface area (Å²) in [4.78, 5) is 0. The fraction of sp³-hybridized carbons (Fsp3) is 0.111. The number of rotatable bonds is 2. The summed E-state index contributed by atoms with van der Waals surface area (Å²) in [5, 5.41) is 18.3. The lowest BCUT2D eigenvalue weighted by Gasteiger charge is -2.09. The molecule has 2 aromatic heterocycles. The van der Waals surface area contributed by atoms with Crippen LogP contribution in [0.2, 0.25) is 0 Å². The highest BCUT2D eigenvalue weighted by atomic mass is 15.1. The van der Waals surface area contributed by atoms with E-state index in [9.17, 15) is 0 Å². The summed E-state index contributed by atoms with van der Waals surface area (Å²) < 4.78 is 3.56. The quantitative estimate of drug-likeness (QED) is 0.757. The van der Waals surface area contributed by atoms with Crippen LogP contribution in [0.5, 0.6) is 0 Å². The molecule has 0 unspecified atom stereocenters. The van der Waals surface area contributed by atoms with E-state index in [0.29, 0.717) is 22.8 Å². The van der Waals surface area contributed by atoms with E-state index in [1.54, 1.807) is 9.13 Å². The van der Waals surface area contributed by atoms with Crippen LogP contribution in [0.15, 0.2) is 36.7 Å². The van der Waals surface area contributed by atoms with Gasteiger partial charge in [-0.2, -0.15) is 10.5 Å². The Labute approximate surface area is 139 Å². The highest BCUT2D eigenvalue weighted by Gasteiger charge is 2.13. The maximum Gasteiger partial charge on any atom is 0.126 e. The van der Waals surface area contributed by atoms with Crippen molar-refractivity contribution in [1.82, 2.24) is 9.13 Å². The van der Waals surface area contributed by atoms with Crippen molar-refractivity contribution in [2.24, 2.45) is 0 Å². The van der Waals surface area contributed by atoms with Gasteiger partial charge in [-0.1, -0.05) is 0 Å². The van der Waals surface area contributed by atoms with E-state index in [1.807, 2.05) is 50.5 Å². The van der Waals surface area contributed by atoms with E-state index < -0.39 is 0 Å². The first kappa shape index (κ1) is 15.3. The molecule has 6 nitrogen and oxygen atoms in total. The molecule has 0 bridgehead atoms. The van der Waals surface area contributed by atoms with E-state index >= 15 is 0 Å². The van der Waals surface area contributed by atoms with Gasteiger partial charge in [-0.25, -0.2) is 0 Å². The zero-order chi connectivity index (χ0) is 17.4. The summed E-state index contributed by atoms with van der Waals surface area (Å²) in [5.74, 6) is 0.844. The molecule has 118 valence electrons. The SMILES string of the molecule is Cc1cn(-c2ccc(-n3cc(C)c(C#N)c3N)cc2)c(N)c1C#N. The minimum absolute atomic E-state index is 0.422. The van der Waals surface area contributed by atoms with Gasteiger partial charge in [-0.3, -0.25) is 0 Å². The molecular weight excluding hydrogens is 300 g/mol. The van der Waals surface area contributed by atoms with Crippen LogP contribution >= 0.6 is 0 Å². The Bertz CT molecular complexity index is 923. The summed E-state index contributed by atoms with van der Waals surface area (Å²) in [7, 11) is 0. The van der Waals surface area contributed by atoms with Gasteiger partial charge in [0.25, 0.3) is 0 Å². The number of aromatic nitrogens is 2. The molecule has 0 atom stereocenters. The first-order chi connectivity index (χ1) is 11.5. The number of benzene rings is 1. The van der Waals surface area contributed by atoms with Crippen molar-refractivity contribution in [1.29, 1.82) is 10.5 Å². The van der Waals surface area contributed by atoms with Crippen LogP contribution in [0.3, 0.4) is 0 Å². The Kier molecular flexibility index (Phi) is 3.52. The van der Waals surface area contributed by atoms with Crippen molar-refractivity contribution in [3.05, 3.63) is 58.9 Å². The summed E-state index contributed by atoms with van der Waals surface area (Å²) in [6.45, 7) is 3.71. The second-order valence-electron chi connectivity index (χ2n) is 5.62. The predicted octanol–water partition coefficient (Wildman–Crippen LogP) is 2.79. The number of hydrogen-bond donors (Lipinski definition) is 2. The number of nitrogens with zero attached hydrogens (tertiary/aromatic N) is 4. The van der Waals surface area contributed by atoms with Gasteiger partial charge < -0.3 is 20.6 Å². The Balaban J connectivity index is 2.04. The van der Waals surface area contributed by atoms with E-state index in [0.717, 1.165) is 22.5 Å². The van der Waals surface area contributed by atoms with Crippen molar-refractivity contribution in [2.75, 3.05) is 11.5 Å². The van der Waals surface area contributed by atoms with E-state index in [4.69, 9.17) is 22.0 Å². The fourth-order valence-electron chi connectivity index (χ4n) is 2.79. The van der Waals surface area contributed by atoms with Crippen LogP contribution in [0.1, 0.15) is 22.3 Å². The largest absolute Gasteiger partial charge is 0.384 e. The molecule has 0 fully saturated rings. The zero-order valence-electron chi connectivity index (χ0n) is 13.4. The molecule has 0 aliphatic rings. The van der Waals surface area contributed by atoms with E-state index in [2.05, 4.69) is 12.1 Å². The van der Waals surface area contributed by atoms with Crippen LogP contribution in [-0.4, -0.2) is 9.13 Å². The maximum absolute atomic E-state index is 9.15. The van der Waals surface area contributed by atoms with Crippen molar-refractivity contribution in [3.8, 4) is 23.5 Å². The predicted molar refractivity (Wildman–Crippen MR) is 92.8 cm³/mol. The summed E-state index contributed by atoms with van der Waals surface area (Å²) in [5.41, 5.74) is 16.4. The molecular formula is C18H16N6. The van der Waals surface area contributed by atoms with Gasteiger partial charge in [0.2, 0.25) is 0 Å². The number of nitriles is 2. The lowest BCUT2D eigenvalue weighted by Crippen LogP contribution is -2.02. The third-order valence-corrected chi connectivity index (χ3v) is 4.10. The number of aryl methyl sites for hydroxylation is 2. The molecule has 0 saturated heterocycles. The lowest BCUT2D eigenvalue weighted by molar-refractivity contribution is 1.06. The van der Waals surface area contributed by atoms with Gasteiger partial charge in [-0.15, -0.1) is 0 Å². The first-order valence-electron chi connectivity index (χ1n) is 7.33. The molecule has 3 aromatic rings. The molecule has 2 heterocycles. The van der Waals surface area contributed by atoms with Gasteiger partial charge in [0.15, 0.2) is 0 Å². The zero-order valence-corrected chi connectivity index (χ0v) is 13.4. The third-order valence-electron chi connectivity index (χ3n) is 4.10. The van der Waals surface area contributed by atoms with Crippen molar-refractivity contribution in [3.63, 3.8) is 0 Å². The molecule has 0 aliphatic carbocycles. The average Bonchev–Trinajstić information content (AvgIpc) is 3.03. The normalized spacial score (nSPS) is 10.3. The number of hydrogen-bond acceptors (Lipinski definition) is 4. The average molecular weight is 316 g/mol. The van der Waals surface area contributed by atoms with Crippen LogP contribution in [0, 0.1) is 36.5 Å². The Morgan fingerprint density at radius 1 is 0.750 bits per heavy atom. The standard InChI is InChI=1S/C18H16N6/c1-11-9-23(17(21)15(11)7-19)13-3-5-14(6-4-13)24-10-12(2)16(8-20)18(24)22/h3-6,9-10H,21-22H2,1-2H3. The fourth-order valence-corrected chi connectivity index (χ4v) is 2.79. The molecule has 0 spiro atoms. The molecule has 0 radical (unpaired) electrons. The van der Waals surface area contributed by atoms with Crippen LogP contribution in [0.25, 0.3) is 11.4 Å². The molecule has 0 saturated carbocycles. The third kappa shape index (κ3) is 2.18. The topological polar surface area (TPSA) is 109 Å². The van der Waals surface area contributed by atoms with Gasteiger partial charge in [0.1, 0.15) is 23.8 Å². The molecule has 3 rings (SSSR count). The summed E-state index contributed by atoms with van der Waals surface area (Å²) >= 11 is 0.